The highest BCUT2D eigenvalue weighted by atomic mass is 35.5. The van der Waals surface area contributed by atoms with Crippen molar-refractivity contribution in [3.8, 4) is 0 Å². The number of oxime groups is 1. The first kappa shape index (κ1) is 14.4. The van der Waals surface area contributed by atoms with Gasteiger partial charge >= 0.3 is 0 Å². The molecular formula is C15H17ClN2O3. The molecule has 1 aromatic rings. The third-order valence-corrected chi connectivity index (χ3v) is 4.00. The maximum Gasteiger partial charge on any atom is 0.264 e. The van der Waals surface area contributed by atoms with E-state index < -0.39 is 6.10 Å². The van der Waals surface area contributed by atoms with Crippen molar-refractivity contribution in [2.75, 3.05) is 13.2 Å². The zero-order valence-electron chi connectivity index (χ0n) is 11.5. The van der Waals surface area contributed by atoms with Crippen molar-refractivity contribution in [2.24, 2.45) is 5.16 Å². The number of hydrogen-bond acceptors (Lipinski definition) is 4. The van der Waals surface area contributed by atoms with Gasteiger partial charge < -0.3 is 14.9 Å². The third kappa shape index (κ3) is 3.36. The predicted molar refractivity (Wildman–Crippen MR) is 79.5 cm³/mol. The Morgan fingerprint density at radius 1 is 1.43 bits per heavy atom. The molecule has 5 nitrogen and oxygen atoms in total. The number of halogens is 1. The largest absolute Gasteiger partial charge is 0.382 e. The maximum atomic E-state index is 12.1. The molecular weight excluding hydrogens is 292 g/mol. The predicted octanol–water partition coefficient (Wildman–Crippen LogP) is 2.13. The molecule has 2 atom stereocenters. The van der Waals surface area contributed by atoms with Crippen molar-refractivity contribution in [1.29, 1.82) is 0 Å². The number of ether oxygens (including phenoxy) is 1. The van der Waals surface area contributed by atoms with Crippen molar-refractivity contribution in [3.63, 3.8) is 0 Å². The zero-order chi connectivity index (χ0) is 14.7. The Morgan fingerprint density at radius 2 is 2.29 bits per heavy atom. The number of nitrogens with zero attached hydrogens (tertiary/aromatic N) is 1. The molecule has 21 heavy (non-hydrogen) atoms. The summed E-state index contributed by atoms with van der Waals surface area (Å²) in [6, 6.07) is 7.41. The highest BCUT2D eigenvalue weighted by Gasteiger charge is 2.30. The van der Waals surface area contributed by atoms with E-state index in [-0.39, 0.29) is 12.0 Å². The lowest BCUT2D eigenvalue weighted by Gasteiger charge is -2.13. The Balaban J connectivity index is 1.53. The van der Waals surface area contributed by atoms with Gasteiger partial charge in [-0.05, 0) is 18.9 Å². The minimum absolute atomic E-state index is 0.124. The smallest absolute Gasteiger partial charge is 0.264 e. The lowest BCUT2D eigenvalue weighted by Crippen LogP contribution is -2.39. The van der Waals surface area contributed by atoms with Gasteiger partial charge in [-0.25, -0.2) is 0 Å². The van der Waals surface area contributed by atoms with Crippen LogP contribution in [0.1, 0.15) is 24.8 Å². The van der Waals surface area contributed by atoms with Crippen LogP contribution in [0.25, 0.3) is 0 Å². The fourth-order valence-corrected chi connectivity index (χ4v) is 2.75. The molecule has 1 N–H and O–H groups in total. The molecule has 0 unspecified atom stereocenters. The summed E-state index contributed by atoms with van der Waals surface area (Å²) in [6.45, 7) is 1.31. The van der Waals surface area contributed by atoms with Crippen molar-refractivity contribution in [1.82, 2.24) is 5.32 Å². The van der Waals surface area contributed by atoms with E-state index in [1.807, 2.05) is 18.2 Å². The van der Waals surface area contributed by atoms with Crippen LogP contribution in [0.15, 0.2) is 29.4 Å². The Hall–Kier alpha value is -1.59. The normalized spacial score (nSPS) is 24.5. The van der Waals surface area contributed by atoms with E-state index in [4.69, 9.17) is 21.2 Å². The van der Waals surface area contributed by atoms with Crippen LogP contribution >= 0.6 is 11.6 Å². The summed E-state index contributed by atoms with van der Waals surface area (Å²) in [7, 11) is 0. The fourth-order valence-electron chi connectivity index (χ4n) is 2.51. The number of hydrogen-bond donors (Lipinski definition) is 1. The summed E-state index contributed by atoms with van der Waals surface area (Å²) in [6.07, 6.45) is 2.02. The molecule has 1 amide bonds. The van der Waals surface area contributed by atoms with E-state index in [0.717, 1.165) is 25.0 Å². The molecule has 3 rings (SSSR count). The first-order valence-electron chi connectivity index (χ1n) is 7.11. The summed E-state index contributed by atoms with van der Waals surface area (Å²) in [4.78, 5) is 17.3. The summed E-state index contributed by atoms with van der Waals surface area (Å²) >= 11 is 6.13. The van der Waals surface area contributed by atoms with Gasteiger partial charge in [0.2, 0.25) is 6.10 Å². The summed E-state index contributed by atoms with van der Waals surface area (Å²) in [5.74, 6) is -0.156. The molecule has 1 aromatic carbocycles. The van der Waals surface area contributed by atoms with E-state index in [9.17, 15) is 4.79 Å². The van der Waals surface area contributed by atoms with E-state index in [1.54, 1.807) is 6.07 Å². The molecule has 0 aromatic heterocycles. The van der Waals surface area contributed by atoms with Gasteiger partial charge in [0.1, 0.15) is 0 Å². The van der Waals surface area contributed by atoms with Crippen LogP contribution in [-0.2, 0) is 14.4 Å². The molecule has 1 saturated heterocycles. The van der Waals surface area contributed by atoms with Gasteiger partial charge in [-0.3, -0.25) is 4.79 Å². The number of carbonyl (C=O) groups is 1. The second-order valence-corrected chi connectivity index (χ2v) is 5.60. The molecule has 0 radical (unpaired) electrons. The van der Waals surface area contributed by atoms with Crippen LogP contribution in [-0.4, -0.2) is 37.0 Å². The molecule has 0 saturated carbocycles. The summed E-state index contributed by atoms with van der Waals surface area (Å²) < 4.78 is 5.47. The zero-order valence-corrected chi connectivity index (χ0v) is 12.3. The standard InChI is InChI=1S/C15H17ClN2O3/c16-12-6-2-1-5-11(12)13-8-14(21-18-13)15(19)17-9-10-4-3-7-20-10/h1-2,5-6,10,14H,3-4,7-9H2,(H,17,19)/t10-,14-/m1/s1. The maximum absolute atomic E-state index is 12.1. The number of carbonyl (C=O) groups excluding carboxylic acids is 1. The topological polar surface area (TPSA) is 59.9 Å². The van der Waals surface area contributed by atoms with Crippen molar-refractivity contribution >= 4 is 23.2 Å². The van der Waals surface area contributed by atoms with Gasteiger partial charge in [0.15, 0.2) is 0 Å². The van der Waals surface area contributed by atoms with Crippen LogP contribution in [0.2, 0.25) is 5.02 Å². The number of amides is 1. The first-order valence-corrected chi connectivity index (χ1v) is 7.49. The summed E-state index contributed by atoms with van der Waals surface area (Å²) in [5.41, 5.74) is 1.52. The molecule has 0 spiro atoms. The van der Waals surface area contributed by atoms with Crippen LogP contribution in [0.5, 0.6) is 0 Å². The van der Waals surface area contributed by atoms with Crippen LogP contribution in [0.3, 0.4) is 0 Å². The van der Waals surface area contributed by atoms with Gasteiger partial charge in [-0.15, -0.1) is 0 Å². The molecule has 6 heteroatoms. The summed E-state index contributed by atoms with van der Waals surface area (Å²) in [5, 5.41) is 7.46. The molecule has 2 heterocycles. The molecule has 1 fully saturated rings. The van der Waals surface area contributed by atoms with E-state index in [0.29, 0.717) is 23.7 Å². The number of rotatable bonds is 4. The quantitative estimate of drug-likeness (QED) is 0.927. The monoisotopic (exact) mass is 308 g/mol. The number of benzene rings is 1. The highest BCUT2D eigenvalue weighted by molar-refractivity contribution is 6.34. The SMILES string of the molecule is O=C(NC[C@H]1CCCO1)[C@H]1CC(c2ccccc2Cl)=NO1. The van der Waals surface area contributed by atoms with Gasteiger partial charge in [-0.2, -0.15) is 0 Å². The van der Waals surface area contributed by atoms with Gasteiger partial charge in [0.05, 0.1) is 11.8 Å². The van der Waals surface area contributed by atoms with Crippen molar-refractivity contribution < 1.29 is 14.4 Å². The van der Waals surface area contributed by atoms with Gasteiger partial charge in [-0.1, -0.05) is 35.0 Å². The average Bonchev–Trinajstić information content (AvgIpc) is 3.17. The van der Waals surface area contributed by atoms with E-state index in [1.165, 1.54) is 0 Å². The molecule has 0 aliphatic carbocycles. The van der Waals surface area contributed by atoms with Crippen molar-refractivity contribution in [2.45, 2.75) is 31.5 Å². The molecule has 2 aliphatic heterocycles. The molecule has 0 bridgehead atoms. The van der Waals surface area contributed by atoms with E-state index in [2.05, 4.69) is 10.5 Å². The highest BCUT2D eigenvalue weighted by Crippen LogP contribution is 2.23. The van der Waals surface area contributed by atoms with Gasteiger partial charge in [0.25, 0.3) is 5.91 Å². The second-order valence-electron chi connectivity index (χ2n) is 5.20. The Morgan fingerprint density at radius 3 is 3.05 bits per heavy atom. The molecule has 2 aliphatic rings. The Bertz CT molecular complexity index is 556. The Labute approximate surface area is 128 Å². The second kappa shape index (κ2) is 6.45. The van der Waals surface area contributed by atoms with Crippen molar-refractivity contribution in [3.05, 3.63) is 34.9 Å². The Kier molecular flexibility index (Phi) is 4.41. The average molecular weight is 309 g/mol. The minimum Gasteiger partial charge on any atom is -0.382 e. The first-order chi connectivity index (χ1) is 10.2. The third-order valence-electron chi connectivity index (χ3n) is 3.67. The number of nitrogens with one attached hydrogen (secondary N) is 1. The lowest BCUT2D eigenvalue weighted by atomic mass is 10.0. The van der Waals surface area contributed by atoms with Crippen LogP contribution in [0, 0.1) is 0 Å². The molecule has 112 valence electrons. The van der Waals surface area contributed by atoms with Gasteiger partial charge in [0, 0.05) is 30.2 Å². The van der Waals surface area contributed by atoms with Crippen LogP contribution < -0.4 is 5.32 Å². The fraction of sp³-hybridized carbons (Fsp3) is 0.467. The van der Waals surface area contributed by atoms with E-state index >= 15 is 0 Å². The lowest BCUT2D eigenvalue weighted by molar-refractivity contribution is -0.131. The van der Waals surface area contributed by atoms with Crippen LogP contribution in [0.4, 0.5) is 0 Å². The minimum atomic E-state index is -0.585.